The summed E-state index contributed by atoms with van der Waals surface area (Å²) >= 11 is 5.09. The maximum atomic E-state index is 5.43. The minimum Gasteiger partial charge on any atom is -0.372 e. The molecule has 0 amide bonds. The predicted molar refractivity (Wildman–Crippen MR) is 364 cm³/mol. The lowest BCUT2D eigenvalue weighted by molar-refractivity contribution is 0.134. The number of imidazole rings is 3. The highest BCUT2D eigenvalue weighted by molar-refractivity contribution is 7.71. The molecular weight excluding hydrogens is 1180 g/mol. The Labute approximate surface area is 537 Å². The SMILES string of the molecule is CCCc1nc2c(C)cc(Nc3nccc(-c4ccccn4)n3)cc2[nH]1.S=c1[nH]c2ccc(Nc3nccc(-c4ccccn4)n3)cc2[nH]1.c1ccc(-c2ccnc(Nc3ccc4c(c3)COC4)n2)nc1.c1ccc(-c2ccnc(Nc3ccc4nc[nH]c4c3)n2)nc1. The van der Waals surface area contributed by atoms with Crippen LogP contribution in [0.2, 0.25) is 0 Å². The molecule has 4 aromatic carbocycles. The third kappa shape index (κ3) is 15.2. The van der Waals surface area contributed by atoms with Crippen molar-refractivity contribution in [2.45, 2.75) is 39.9 Å². The van der Waals surface area contributed by atoms with Gasteiger partial charge in [0.15, 0.2) is 4.77 Å². The minimum atomic E-state index is 0.515. The van der Waals surface area contributed by atoms with Gasteiger partial charge >= 0.3 is 0 Å². The summed E-state index contributed by atoms with van der Waals surface area (Å²) in [4.78, 5) is 74.0. The van der Waals surface area contributed by atoms with Gasteiger partial charge in [-0.15, -0.1) is 0 Å². The average molecular weight is 1240 g/mol. The number of ether oxygens (including phenoxy) is 1. The highest BCUT2D eigenvalue weighted by Crippen LogP contribution is 2.28. The summed E-state index contributed by atoms with van der Waals surface area (Å²) in [7, 11) is 0. The Kier molecular flexibility index (Phi) is 18.2. The molecular formula is C69H58N22OS. The van der Waals surface area contributed by atoms with Gasteiger partial charge in [0.25, 0.3) is 0 Å². The lowest BCUT2D eigenvalue weighted by atomic mass is 10.1. The molecule has 16 rings (SSSR count). The molecule has 0 radical (unpaired) electrons. The zero-order chi connectivity index (χ0) is 63.1. The van der Waals surface area contributed by atoms with Crippen molar-refractivity contribution in [1.29, 1.82) is 0 Å². The smallest absolute Gasteiger partial charge is 0.227 e. The van der Waals surface area contributed by atoms with E-state index in [4.69, 9.17) is 17.0 Å². The number of H-pyrrole nitrogens is 4. The molecule has 0 bridgehead atoms. The number of rotatable bonds is 14. The summed E-state index contributed by atoms with van der Waals surface area (Å²) in [5.41, 5.74) is 19.5. The minimum absolute atomic E-state index is 0.515. The number of nitrogens with zero attached hydrogens (tertiary/aromatic N) is 14. The fourth-order valence-corrected chi connectivity index (χ4v) is 10.2. The van der Waals surface area contributed by atoms with Crippen LogP contribution >= 0.6 is 12.2 Å². The normalized spacial score (nSPS) is 11.3. The number of fused-ring (bicyclic) bond motifs is 4. The van der Waals surface area contributed by atoms with Crippen molar-refractivity contribution >= 4 is 91.9 Å². The van der Waals surface area contributed by atoms with E-state index < -0.39 is 0 Å². The largest absolute Gasteiger partial charge is 0.372 e. The number of nitrogens with one attached hydrogen (secondary N) is 8. The summed E-state index contributed by atoms with van der Waals surface area (Å²) in [6, 6.07) is 52.4. The van der Waals surface area contributed by atoms with Crippen molar-refractivity contribution in [3.8, 4) is 45.6 Å². The first-order valence-electron chi connectivity index (χ1n) is 29.7. The third-order valence-electron chi connectivity index (χ3n) is 14.3. The Morgan fingerprint density at radius 2 is 0.860 bits per heavy atom. The molecule has 0 unspecified atom stereocenters. The van der Waals surface area contributed by atoms with Crippen LogP contribution in [0.5, 0.6) is 0 Å². The van der Waals surface area contributed by atoms with Gasteiger partial charge in [-0.1, -0.05) is 37.3 Å². The molecule has 0 aliphatic carbocycles. The number of aryl methyl sites for hydroxylation is 2. The third-order valence-corrected chi connectivity index (χ3v) is 14.5. The lowest BCUT2D eigenvalue weighted by Crippen LogP contribution is -1.99. The summed E-state index contributed by atoms with van der Waals surface area (Å²) in [6.45, 7) is 5.58. The van der Waals surface area contributed by atoms with Gasteiger partial charge in [0, 0.05) is 78.7 Å². The average Bonchev–Trinajstić information content (AvgIpc) is 1.95. The van der Waals surface area contributed by atoms with Crippen molar-refractivity contribution in [2.75, 3.05) is 21.3 Å². The Hall–Kier alpha value is -12.4. The second-order valence-electron chi connectivity index (χ2n) is 21.0. The lowest BCUT2D eigenvalue weighted by Gasteiger charge is -2.07. The molecule has 0 saturated heterocycles. The van der Waals surface area contributed by atoms with Crippen molar-refractivity contribution in [3.63, 3.8) is 0 Å². The first-order valence-corrected chi connectivity index (χ1v) is 30.1. The Bertz CT molecular complexity index is 5050. The van der Waals surface area contributed by atoms with Crippen LogP contribution in [0.15, 0.2) is 220 Å². The number of hydrogen-bond donors (Lipinski definition) is 8. The number of benzene rings is 4. The molecule has 0 atom stereocenters. The molecule has 1 aliphatic heterocycles. The summed E-state index contributed by atoms with van der Waals surface area (Å²) in [5, 5.41) is 12.9. The Morgan fingerprint density at radius 3 is 1.38 bits per heavy atom. The number of aromatic amines is 4. The van der Waals surface area contributed by atoms with E-state index in [2.05, 4.69) is 143 Å². The first-order chi connectivity index (χ1) is 45.8. The Balaban J connectivity index is 0.000000113. The van der Waals surface area contributed by atoms with Gasteiger partial charge in [-0.3, -0.25) is 19.9 Å². The highest BCUT2D eigenvalue weighted by atomic mass is 32.1. The fraction of sp³-hybridized carbons (Fsp3) is 0.0870. The van der Waals surface area contributed by atoms with Crippen molar-refractivity contribution in [1.82, 2.24) is 89.7 Å². The highest BCUT2D eigenvalue weighted by Gasteiger charge is 2.14. The van der Waals surface area contributed by atoms with E-state index in [1.54, 1.807) is 55.9 Å². The van der Waals surface area contributed by atoms with E-state index in [1.165, 1.54) is 11.1 Å². The standard InChI is InChI=1S/C20H20N6.C17H14N4O.C16H12N6S.C16H12N6/c1-3-6-18-24-17-12-14(11-13(2)19(17)26-18)23-20-22-10-8-16(25-20)15-7-4-5-9-21-15;1-2-7-18-15(3-1)16-6-8-19-17(21-16)20-14-5-4-12-10-22-11-13(12)9-14;23-16-21-12-5-4-10(9-14(12)22-16)19-15-18-8-6-13(20-15)11-3-1-2-7-17-11;1-2-7-17-12(3-1)14-6-8-18-16(22-14)21-11-4-5-13-15(9-11)20-10-19-13/h4-5,7-12H,3,6H2,1-2H3,(H,24,26)(H,22,23,25);1-9H,10-11H2,(H,19,20,21);1-9H,(H,18,19,20)(H2,21,22,23);1-10H,(H,19,20)(H,18,21,22). The topological polar surface area (TPSA) is 301 Å². The van der Waals surface area contributed by atoms with Crippen LogP contribution in [0.4, 0.5) is 46.5 Å². The maximum absolute atomic E-state index is 5.43. The van der Waals surface area contributed by atoms with Crippen LogP contribution in [-0.2, 0) is 24.4 Å². The molecule has 24 heteroatoms. The molecule has 0 spiro atoms. The van der Waals surface area contributed by atoms with Gasteiger partial charge < -0.3 is 45.9 Å². The second kappa shape index (κ2) is 28.4. The Morgan fingerprint density at radius 1 is 0.398 bits per heavy atom. The van der Waals surface area contributed by atoms with Crippen molar-refractivity contribution in [2.24, 2.45) is 0 Å². The molecule has 8 N–H and O–H groups in total. The molecule has 93 heavy (non-hydrogen) atoms. The first kappa shape index (κ1) is 59.5. The van der Waals surface area contributed by atoms with Gasteiger partial charge in [-0.25, -0.2) is 49.8 Å². The van der Waals surface area contributed by atoms with E-state index in [-0.39, 0.29) is 0 Å². The van der Waals surface area contributed by atoms with Crippen molar-refractivity contribution in [3.05, 3.63) is 247 Å². The summed E-state index contributed by atoms with van der Waals surface area (Å²) < 4.78 is 6.03. The molecule has 1 aliphatic rings. The van der Waals surface area contributed by atoms with Crippen LogP contribution in [0, 0.1) is 11.7 Å². The zero-order valence-electron chi connectivity index (χ0n) is 50.2. The van der Waals surface area contributed by atoms with Crippen LogP contribution in [-0.4, -0.2) is 89.7 Å². The van der Waals surface area contributed by atoms with Crippen LogP contribution in [0.1, 0.15) is 35.9 Å². The molecule has 0 saturated carbocycles. The van der Waals surface area contributed by atoms with Gasteiger partial charge in [-0.2, -0.15) is 0 Å². The van der Waals surface area contributed by atoms with Crippen LogP contribution in [0.3, 0.4) is 0 Å². The van der Waals surface area contributed by atoms with E-state index >= 15 is 0 Å². The second-order valence-corrected chi connectivity index (χ2v) is 21.4. The van der Waals surface area contributed by atoms with Crippen molar-refractivity contribution < 1.29 is 4.74 Å². The zero-order valence-corrected chi connectivity index (χ0v) is 51.0. The van der Waals surface area contributed by atoms with Crippen LogP contribution in [0.25, 0.3) is 78.7 Å². The van der Waals surface area contributed by atoms with Gasteiger partial charge in [-0.05, 0) is 176 Å². The summed E-state index contributed by atoms with van der Waals surface area (Å²) in [5.74, 6) is 3.17. The van der Waals surface area contributed by atoms with E-state index in [1.807, 2.05) is 146 Å². The van der Waals surface area contributed by atoms with E-state index in [0.29, 0.717) is 41.8 Å². The molecule has 456 valence electrons. The monoisotopic (exact) mass is 1240 g/mol. The van der Waals surface area contributed by atoms with Crippen LogP contribution < -0.4 is 21.3 Å². The molecule has 23 nitrogen and oxygen atoms in total. The van der Waals surface area contributed by atoms with Gasteiger partial charge in [0.2, 0.25) is 23.8 Å². The maximum Gasteiger partial charge on any atom is 0.227 e. The summed E-state index contributed by atoms with van der Waals surface area (Å²) in [6.07, 6.45) is 17.6. The number of pyridine rings is 4. The van der Waals surface area contributed by atoms with Gasteiger partial charge in [0.1, 0.15) is 5.82 Å². The van der Waals surface area contributed by atoms with Gasteiger partial charge in [0.05, 0.1) is 98.2 Å². The number of anilines is 8. The molecule has 15 aromatic rings. The quantitative estimate of drug-likeness (QED) is 0.0469. The van der Waals surface area contributed by atoms with E-state index in [9.17, 15) is 0 Å². The molecule has 11 aromatic heterocycles. The molecule has 0 fully saturated rings. The molecule has 12 heterocycles. The van der Waals surface area contributed by atoms with E-state index in [0.717, 1.165) is 126 Å². The number of hydrogen-bond acceptors (Lipinski definition) is 20. The fourth-order valence-electron chi connectivity index (χ4n) is 9.96. The predicted octanol–water partition coefficient (Wildman–Crippen LogP) is 14.7. The number of aromatic nitrogens is 18.